The van der Waals surface area contributed by atoms with Gasteiger partial charge in [0.25, 0.3) is 0 Å². The molecule has 0 fully saturated rings. The molecule has 1 aromatic carbocycles. The number of hydrogen-bond acceptors (Lipinski definition) is 2. The second-order valence-corrected chi connectivity index (χ2v) is 3.85. The fraction of sp³-hybridized carbons (Fsp3) is 0.500. The van der Waals surface area contributed by atoms with E-state index in [2.05, 4.69) is 18.3 Å². The van der Waals surface area contributed by atoms with Crippen molar-refractivity contribution in [1.82, 2.24) is 5.32 Å². The van der Waals surface area contributed by atoms with Crippen molar-refractivity contribution in [2.45, 2.75) is 32.2 Å². The van der Waals surface area contributed by atoms with Gasteiger partial charge in [0.2, 0.25) is 0 Å². The number of hydrogen-bond donors (Lipinski definition) is 2. The smallest absolute Gasteiger partial charge is 0.120 e. The number of fused-ring (bicyclic) bond motifs is 1. The third kappa shape index (κ3) is 1.62. The molecule has 1 unspecified atom stereocenters. The summed E-state index contributed by atoms with van der Waals surface area (Å²) in [5, 5.41) is 13.2. The first kappa shape index (κ1) is 9.53. The van der Waals surface area contributed by atoms with Crippen molar-refractivity contribution in [3.8, 4) is 5.75 Å². The van der Waals surface area contributed by atoms with Crippen LogP contribution in [0.4, 0.5) is 0 Å². The van der Waals surface area contributed by atoms with Crippen LogP contribution in [0.15, 0.2) is 18.2 Å². The number of aryl methyl sites for hydroxylation is 1. The normalized spacial score (nSPS) is 20.5. The Morgan fingerprint density at radius 2 is 2.36 bits per heavy atom. The van der Waals surface area contributed by atoms with Crippen LogP contribution in [-0.4, -0.2) is 11.7 Å². The molecular formula is C12H17NO. The van der Waals surface area contributed by atoms with Gasteiger partial charge in [-0.3, -0.25) is 0 Å². The van der Waals surface area contributed by atoms with Crippen molar-refractivity contribution in [1.29, 1.82) is 0 Å². The SMILES string of the molecule is CCNC1CCCc2cccc(O)c21. The van der Waals surface area contributed by atoms with E-state index in [0.29, 0.717) is 11.8 Å². The fourth-order valence-electron chi connectivity index (χ4n) is 2.31. The summed E-state index contributed by atoms with van der Waals surface area (Å²) < 4.78 is 0. The van der Waals surface area contributed by atoms with Gasteiger partial charge in [-0.1, -0.05) is 19.1 Å². The zero-order valence-corrected chi connectivity index (χ0v) is 8.59. The van der Waals surface area contributed by atoms with Gasteiger partial charge in [-0.15, -0.1) is 0 Å². The van der Waals surface area contributed by atoms with Gasteiger partial charge in [-0.25, -0.2) is 0 Å². The molecular weight excluding hydrogens is 174 g/mol. The standard InChI is InChI=1S/C12H17NO/c1-2-13-10-7-3-5-9-6-4-8-11(14)12(9)10/h4,6,8,10,13-14H,2-3,5,7H2,1H3. The van der Waals surface area contributed by atoms with E-state index in [1.54, 1.807) is 6.07 Å². The minimum Gasteiger partial charge on any atom is -0.508 e. The molecule has 1 aliphatic carbocycles. The molecule has 1 aromatic rings. The number of benzene rings is 1. The topological polar surface area (TPSA) is 32.3 Å². The molecule has 2 N–H and O–H groups in total. The molecule has 14 heavy (non-hydrogen) atoms. The summed E-state index contributed by atoms with van der Waals surface area (Å²) in [6.07, 6.45) is 3.46. The number of rotatable bonds is 2. The first-order chi connectivity index (χ1) is 6.83. The first-order valence-corrected chi connectivity index (χ1v) is 5.37. The Labute approximate surface area is 85.0 Å². The van der Waals surface area contributed by atoms with Crippen LogP contribution >= 0.6 is 0 Å². The van der Waals surface area contributed by atoms with Crippen LogP contribution in [0, 0.1) is 0 Å². The third-order valence-corrected chi connectivity index (χ3v) is 2.91. The van der Waals surface area contributed by atoms with E-state index in [9.17, 15) is 5.11 Å². The number of phenolic OH excluding ortho intramolecular Hbond substituents is 1. The van der Waals surface area contributed by atoms with Crippen molar-refractivity contribution in [2.24, 2.45) is 0 Å². The quantitative estimate of drug-likeness (QED) is 0.752. The Hall–Kier alpha value is -1.02. The van der Waals surface area contributed by atoms with E-state index in [4.69, 9.17) is 0 Å². The van der Waals surface area contributed by atoms with Gasteiger partial charge in [-0.2, -0.15) is 0 Å². The largest absolute Gasteiger partial charge is 0.508 e. The second-order valence-electron chi connectivity index (χ2n) is 3.85. The highest BCUT2D eigenvalue weighted by atomic mass is 16.3. The molecule has 1 aliphatic rings. The van der Waals surface area contributed by atoms with Gasteiger partial charge in [0.1, 0.15) is 5.75 Å². The summed E-state index contributed by atoms with van der Waals surface area (Å²) in [5.74, 6) is 0.452. The molecule has 0 saturated carbocycles. The molecule has 0 radical (unpaired) electrons. The van der Waals surface area contributed by atoms with E-state index in [1.165, 1.54) is 12.0 Å². The average Bonchev–Trinajstić information content (AvgIpc) is 2.19. The Bertz CT molecular complexity index is 322. The molecule has 0 aliphatic heterocycles. The molecule has 1 atom stereocenters. The highest BCUT2D eigenvalue weighted by molar-refractivity contribution is 5.43. The van der Waals surface area contributed by atoms with Crippen LogP contribution in [0.25, 0.3) is 0 Å². The molecule has 0 bridgehead atoms. The maximum atomic E-state index is 9.81. The van der Waals surface area contributed by atoms with Crippen LogP contribution in [-0.2, 0) is 6.42 Å². The van der Waals surface area contributed by atoms with Crippen molar-refractivity contribution in [3.63, 3.8) is 0 Å². The van der Waals surface area contributed by atoms with Gasteiger partial charge < -0.3 is 10.4 Å². The Morgan fingerprint density at radius 1 is 1.50 bits per heavy atom. The van der Waals surface area contributed by atoms with E-state index >= 15 is 0 Å². The lowest BCUT2D eigenvalue weighted by Crippen LogP contribution is -2.24. The predicted octanol–water partition coefficient (Wildman–Crippen LogP) is 2.38. The monoisotopic (exact) mass is 191 g/mol. The molecule has 0 spiro atoms. The Morgan fingerprint density at radius 3 is 3.14 bits per heavy atom. The molecule has 0 heterocycles. The fourth-order valence-corrected chi connectivity index (χ4v) is 2.31. The van der Waals surface area contributed by atoms with Crippen molar-refractivity contribution < 1.29 is 5.11 Å². The summed E-state index contributed by atoms with van der Waals surface area (Å²) in [6, 6.07) is 6.19. The molecule has 2 nitrogen and oxygen atoms in total. The molecule has 0 saturated heterocycles. The second kappa shape index (κ2) is 4.01. The first-order valence-electron chi connectivity index (χ1n) is 5.37. The summed E-state index contributed by atoms with van der Waals surface area (Å²) >= 11 is 0. The third-order valence-electron chi connectivity index (χ3n) is 2.91. The van der Waals surface area contributed by atoms with Gasteiger partial charge in [0, 0.05) is 11.6 Å². The summed E-state index contributed by atoms with van der Waals surface area (Å²) in [4.78, 5) is 0. The van der Waals surface area contributed by atoms with E-state index in [0.717, 1.165) is 24.9 Å². The van der Waals surface area contributed by atoms with Crippen LogP contribution < -0.4 is 5.32 Å². The maximum absolute atomic E-state index is 9.81. The van der Waals surface area contributed by atoms with Gasteiger partial charge in [-0.05, 0) is 37.4 Å². The summed E-state index contributed by atoms with van der Waals surface area (Å²) in [5.41, 5.74) is 2.43. The number of aromatic hydroxyl groups is 1. The van der Waals surface area contributed by atoms with E-state index in [-0.39, 0.29) is 0 Å². The molecule has 2 heteroatoms. The highest BCUT2D eigenvalue weighted by Gasteiger charge is 2.21. The van der Waals surface area contributed by atoms with Crippen LogP contribution in [0.1, 0.15) is 36.9 Å². The van der Waals surface area contributed by atoms with Crippen LogP contribution in [0.2, 0.25) is 0 Å². The van der Waals surface area contributed by atoms with Gasteiger partial charge in [0.15, 0.2) is 0 Å². The van der Waals surface area contributed by atoms with Crippen molar-refractivity contribution in [3.05, 3.63) is 29.3 Å². The maximum Gasteiger partial charge on any atom is 0.120 e. The highest BCUT2D eigenvalue weighted by Crippen LogP contribution is 2.35. The minimum atomic E-state index is 0.352. The number of nitrogens with one attached hydrogen (secondary N) is 1. The lowest BCUT2D eigenvalue weighted by atomic mass is 9.87. The predicted molar refractivity (Wildman–Crippen MR) is 57.5 cm³/mol. The Kier molecular flexibility index (Phi) is 2.73. The zero-order chi connectivity index (χ0) is 9.97. The molecule has 76 valence electrons. The van der Waals surface area contributed by atoms with Crippen LogP contribution in [0.3, 0.4) is 0 Å². The summed E-state index contributed by atoms with van der Waals surface area (Å²) in [7, 11) is 0. The Balaban J connectivity index is 2.36. The minimum absolute atomic E-state index is 0.352. The van der Waals surface area contributed by atoms with Crippen LogP contribution in [0.5, 0.6) is 5.75 Å². The molecule has 0 amide bonds. The lowest BCUT2D eigenvalue weighted by molar-refractivity contribution is 0.419. The molecule has 0 aromatic heterocycles. The zero-order valence-electron chi connectivity index (χ0n) is 8.59. The van der Waals surface area contributed by atoms with E-state index < -0.39 is 0 Å². The lowest BCUT2D eigenvalue weighted by Gasteiger charge is -2.26. The molecule has 2 rings (SSSR count). The van der Waals surface area contributed by atoms with Gasteiger partial charge >= 0.3 is 0 Å². The van der Waals surface area contributed by atoms with Gasteiger partial charge in [0.05, 0.1) is 0 Å². The average molecular weight is 191 g/mol. The van der Waals surface area contributed by atoms with Crippen molar-refractivity contribution >= 4 is 0 Å². The van der Waals surface area contributed by atoms with Crippen molar-refractivity contribution in [2.75, 3.05) is 6.54 Å². The summed E-state index contributed by atoms with van der Waals surface area (Å²) in [6.45, 7) is 3.06. The van der Waals surface area contributed by atoms with E-state index in [1.807, 2.05) is 6.07 Å². The number of phenols is 1.